The van der Waals surface area contributed by atoms with Gasteiger partial charge in [-0.2, -0.15) is 0 Å². The zero-order valence-corrected chi connectivity index (χ0v) is 16.0. The summed E-state index contributed by atoms with van der Waals surface area (Å²) in [6, 6.07) is 8.83. The summed E-state index contributed by atoms with van der Waals surface area (Å²) < 4.78 is 1.70. The normalized spacial score (nSPS) is 11.6. The maximum atomic E-state index is 12.2. The van der Waals surface area contributed by atoms with E-state index in [9.17, 15) is 14.4 Å². The van der Waals surface area contributed by atoms with Crippen LogP contribution in [0.4, 0.5) is 4.79 Å². The van der Waals surface area contributed by atoms with Gasteiger partial charge in [-0.1, -0.05) is 42.1 Å². The molecular formula is C17H22N6O3S. The predicted octanol–water partition coefficient (Wildman–Crippen LogP) is 0.740. The first-order valence-corrected chi connectivity index (χ1v) is 9.20. The van der Waals surface area contributed by atoms with Crippen molar-refractivity contribution in [3.8, 4) is 0 Å². The summed E-state index contributed by atoms with van der Waals surface area (Å²) in [6.45, 7) is 2.00. The first-order chi connectivity index (χ1) is 12.9. The number of urea groups is 1. The van der Waals surface area contributed by atoms with Crippen molar-refractivity contribution in [2.75, 3.05) is 0 Å². The van der Waals surface area contributed by atoms with Gasteiger partial charge in [-0.3, -0.25) is 14.9 Å². The molecule has 0 fully saturated rings. The number of nitrogens with one attached hydrogen (secondary N) is 2. The molecule has 0 bridgehead atoms. The lowest BCUT2D eigenvalue weighted by atomic mass is 10.2. The topological polar surface area (TPSA) is 132 Å². The standard InChI is InChI=1S/C17H22N6O3S/c1-11(27-17-22-21-14(23(17)2)9-8-13(18)24)15(25)20-16(26)19-10-12-6-4-3-5-7-12/h3-7,11H,8-10H2,1-2H3,(H2,18,24)(H2,19,20,25,26)/t11-/m1/s1. The number of nitrogens with two attached hydrogens (primary N) is 1. The number of hydrogen-bond acceptors (Lipinski definition) is 6. The molecule has 0 spiro atoms. The van der Waals surface area contributed by atoms with Crippen molar-refractivity contribution in [2.24, 2.45) is 12.8 Å². The van der Waals surface area contributed by atoms with Crippen LogP contribution in [0, 0.1) is 0 Å². The predicted molar refractivity (Wildman–Crippen MR) is 101 cm³/mol. The molecule has 1 heterocycles. The lowest BCUT2D eigenvalue weighted by Crippen LogP contribution is -2.42. The van der Waals surface area contributed by atoms with Gasteiger partial charge < -0.3 is 15.6 Å². The second-order valence-corrected chi connectivity index (χ2v) is 7.15. The quantitative estimate of drug-likeness (QED) is 0.570. The Kier molecular flexibility index (Phi) is 7.35. The number of imide groups is 1. The summed E-state index contributed by atoms with van der Waals surface area (Å²) in [5.74, 6) is -0.252. The fraction of sp³-hybridized carbons (Fsp3) is 0.353. The summed E-state index contributed by atoms with van der Waals surface area (Å²) >= 11 is 1.17. The lowest BCUT2D eigenvalue weighted by molar-refractivity contribution is -0.119. The van der Waals surface area contributed by atoms with E-state index in [4.69, 9.17) is 5.73 Å². The number of aromatic nitrogens is 3. The molecule has 144 valence electrons. The highest BCUT2D eigenvalue weighted by atomic mass is 32.2. The molecule has 2 aromatic rings. The first-order valence-electron chi connectivity index (χ1n) is 8.32. The Balaban J connectivity index is 1.82. The zero-order chi connectivity index (χ0) is 19.8. The highest BCUT2D eigenvalue weighted by Gasteiger charge is 2.20. The molecule has 0 radical (unpaired) electrons. The fourth-order valence-corrected chi connectivity index (χ4v) is 2.98. The molecule has 10 heteroatoms. The number of carbonyl (C=O) groups excluding carboxylic acids is 3. The molecule has 2 rings (SSSR count). The van der Waals surface area contributed by atoms with Gasteiger partial charge in [0.05, 0.1) is 5.25 Å². The van der Waals surface area contributed by atoms with Crippen LogP contribution in [-0.4, -0.2) is 37.9 Å². The summed E-state index contributed by atoms with van der Waals surface area (Å²) in [5.41, 5.74) is 6.07. The van der Waals surface area contributed by atoms with Gasteiger partial charge >= 0.3 is 6.03 Å². The van der Waals surface area contributed by atoms with Crippen LogP contribution in [0.1, 0.15) is 24.7 Å². The van der Waals surface area contributed by atoms with Gasteiger partial charge in [0.2, 0.25) is 11.8 Å². The molecule has 1 atom stereocenters. The summed E-state index contributed by atoms with van der Waals surface area (Å²) in [4.78, 5) is 34.9. The molecule has 0 unspecified atom stereocenters. The van der Waals surface area contributed by atoms with Crippen molar-refractivity contribution in [1.82, 2.24) is 25.4 Å². The number of primary amides is 1. The van der Waals surface area contributed by atoms with E-state index in [2.05, 4.69) is 20.8 Å². The Morgan fingerprint density at radius 3 is 2.59 bits per heavy atom. The summed E-state index contributed by atoms with van der Waals surface area (Å²) in [7, 11) is 1.75. The second kappa shape index (κ2) is 9.72. The number of hydrogen-bond donors (Lipinski definition) is 3. The molecule has 27 heavy (non-hydrogen) atoms. The van der Waals surface area contributed by atoms with E-state index in [1.165, 1.54) is 11.8 Å². The van der Waals surface area contributed by atoms with Gasteiger partial charge in [-0.05, 0) is 12.5 Å². The van der Waals surface area contributed by atoms with E-state index in [0.29, 0.717) is 23.9 Å². The van der Waals surface area contributed by atoms with Crippen LogP contribution in [-0.2, 0) is 29.6 Å². The van der Waals surface area contributed by atoms with Crippen LogP contribution in [0.15, 0.2) is 35.5 Å². The Hall–Kier alpha value is -2.88. The SMILES string of the molecule is C[C@@H](Sc1nnc(CCC(N)=O)n1C)C(=O)NC(=O)NCc1ccccc1. The maximum Gasteiger partial charge on any atom is 0.321 e. The molecule has 4 amide bonds. The van der Waals surface area contributed by atoms with Crippen LogP contribution >= 0.6 is 11.8 Å². The first kappa shape index (κ1) is 20.4. The number of thioether (sulfide) groups is 1. The van der Waals surface area contributed by atoms with Crippen molar-refractivity contribution in [2.45, 2.75) is 36.7 Å². The lowest BCUT2D eigenvalue weighted by Gasteiger charge is -2.11. The molecule has 9 nitrogen and oxygen atoms in total. The minimum absolute atomic E-state index is 0.175. The van der Waals surface area contributed by atoms with Gasteiger partial charge in [-0.25, -0.2) is 4.79 Å². The minimum Gasteiger partial charge on any atom is -0.370 e. The van der Waals surface area contributed by atoms with Gasteiger partial charge in [-0.15, -0.1) is 10.2 Å². The van der Waals surface area contributed by atoms with Crippen LogP contribution < -0.4 is 16.4 Å². The number of carbonyl (C=O) groups is 3. The second-order valence-electron chi connectivity index (χ2n) is 5.84. The van der Waals surface area contributed by atoms with E-state index in [0.717, 1.165) is 5.56 Å². The van der Waals surface area contributed by atoms with Crippen molar-refractivity contribution in [3.63, 3.8) is 0 Å². The minimum atomic E-state index is -0.559. The van der Waals surface area contributed by atoms with Crippen molar-refractivity contribution in [3.05, 3.63) is 41.7 Å². The number of amides is 4. The molecule has 0 saturated carbocycles. The summed E-state index contributed by atoms with van der Waals surface area (Å²) in [6.07, 6.45) is 0.552. The monoisotopic (exact) mass is 390 g/mol. The number of rotatable bonds is 8. The number of nitrogens with zero attached hydrogens (tertiary/aromatic N) is 3. The molecule has 0 saturated heterocycles. The molecule has 0 aliphatic heterocycles. The highest BCUT2D eigenvalue weighted by Crippen LogP contribution is 2.21. The van der Waals surface area contributed by atoms with Crippen LogP contribution in [0.25, 0.3) is 0 Å². The van der Waals surface area contributed by atoms with Gasteiger partial charge in [0.1, 0.15) is 5.82 Å². The van der Waals surface area contributed by atoms with Crippen LogP contribution in [0.3, 0.4) is 0 Å². The third-order valence-electron chi connectivity index (χ3n) is 3.70. The summed E-state index contributed by atoms with van der Waals surface area (Å²) in [5, 5.41) is 12.9. The molecule has 0 aliphatic carbocycles. The average molecular weight is 390 g/mol. The largest absolute Gasteiger partial charge is 0.370 e. The maximum absolute atomic E-state index is 12.2. The van der Waals surface area contributed by atoms with Gasteiger partial charge in [0.15, 0.2) is 5.16 Å². The molecule has 1 aromatic carbocycles. The average Bonchev–Trinajstić information content (AvgIpc) is 2.98. The van der Waals surface area contributed by atoms with E-state index in [1.807, 2.05) is 30.3 Å². The molecule has 1 aromatic heterocycles. The fourth-order valence-electron chi connectivity index (χ4n) is 2.15. The molecule has 4 N–H and O–H groups in total. The number of benzene rings is 1. The van der Waals surface area contributed by atoms with Crippen LogP contribution in [0.5, 0.6) is 0 Å². The van der Waals surface area contributed by atoms with E-state index >= 15 is 0 Å². The molecular weight excluding hydrogens is 368 g/mol. The van der Waals surface area contributed by atoms with Crippen molar-refractivity contribution < 1.29 is 14.4 Å². The third kappa shape index (κ3) is 6.41. The van der Waals surface area contributed by atoms with Crippen molar-refractivity contribution in [1.29, 1.82) is 0 Å². The zero-order valence-electron chi connectivity index (χ0n) is 15.1. The van der Waals surface area contributed by atoms with Crippen LogP contribution in [0.2, 0.25) is 0 Å². The van der Waals surface area contributed by atoms with Crippen molar-refractivity contribution >= 4 is 29.6 Å². The van der Waals surface area contributed by atoms with Gasteiger partial charge in [0.25, 0.3) is 0 Å². The Morgan fingerprint density at radius 2 is 1.93 bits per heavy atom. The Labute approximate surface area is 161 Å². The number of aryl methyl sites for hydroxylation is 1. The van der Waals surface area contributed by atoms with E-state index in [-0.39, 0.29) is 6.42 Å². The van der Waals surface area contributed by atoms with E-state index in [1.54, 1.807) is 18.5 Å². The Morgan fingerprint density at radius 1 is 1.22 bits per heavy atom. The smallest absolute Gasteiger partial charge is 0.321 e. The highest BCUT2D eigenvalue weighted by molar-refractivity contribution is 8.00. The van der Waals surface area contributed by atoms with E-state index < -0.39 is 23.1 Å². The third-order valence-corrected chi connectivity index (χ3v) is 4.84. The Bertz CT molecular complexity index is 808. The van der Waals surface area contributed by atoms with Gasteiger partial charge in [0, 0.05) is 26.4 Å². The molecule has 0 aliphatic rings.